The number of nitro groups is 1. The molecule has 0 bridgehead atoms. The molecule has 1 heterocycles. The Morgan fingerprint density at radius 2 is 1.91 bits per heavy atom. The Labute approximate surface area is 129 Å². The highest BCUT2D eigenvalue weighted by Gasteiger charge is 2.26. The number of piperazine rings is 1. The smallest absolute Gasteiger partial charge is 0.270 e. The Balaban J connectivity index is 2.19. The van der Waals surface area contributed by atoms with Gasteiger partial charge in [-0.3, -0.25) is 19.8 Å². The number of non-ortho nitro benzene ring substituents is 1. The van der Waals surface area contributed by atoms with E-state index in [1.807, 2.05) is 0 Å². The lowest BCUT2D eigenvalue weighted by molar-refractivity contribution is -0.384. The predicted octanol–water partition coefficient (Wildman–Crippen LogP) is 1.77. The highest BCUT2D eigenvalue weighted by atomic mass is 16.6. The number of ether oxygens (including phenoxy) is 1. The van der Waals surface area contributed by atoms with Crippen LogP contribution in [0.15, 0.2) is 18.2 Å². The van der Waals surface area contributed by atoms with Crippen molar-refractivity contribution < 1.29 is 14.5 Å². The van der Waals surface area contributed by atoms with Crippen LogP contribution in [-0.2, 0) is 0 Å². The topological polar surface area (TPSA) is 75.9 Å². The van der Waals surface area contributed by atoms with Crippen LogP contribution >= 0.6 is 0 Å². The van der Waals surface area contributed by atoms with Crippen molar-refractivity contribution in [3.63, 3.8) is 0 Å². The summed E-state index contributed by atoms with van der Waals surface area (Å²) in [5.41, 5.74) is 0.139. The number of amides is 1. The van der Waals surface area contributed by atoms with Crippen LogP contribution in [0.2, 0.25) is 0 Å². The zero-order chi connectivity index (χ0) is 16.3. The summed E-state index contributed by atoms with van der Waals surface area (Å²) in [5, 5.41) is 10.9. The number of carbonyl (C=O) groups is 1. The molecule has 0 radical (unpaired) electrons. The molecule has 0 spiro atoms. The predicted molar refractivity (Wildman–Crippen MR) is 82.3 cm³/mol. The molecule has 1 aromatic rings. The first kappa shape index (κ1) is 16.2. The van der Waals surface area contributed by atoms with E-state index < -0.39 is 4.92 Å². The molecule has 7 heteroatoms. The minimum Gasteiger partial charge on any atom is -0.496 e. The SMILES string of the molecule is COc1ccc([N+](=O)[O-])cc1C(=O)N1CCN(C(C)C)CC1. The highest BCUT2D eigenvalue weighted by molar-refractivity contribution is 5.97. The van der Waals surface area contributed by atoms with E-state index in [0.717, 1.165) is 13.1 Å². The van der Waals surface area contributed by atoms with E-state index in [9.17, 15) is 14.9 Å². The molecule has 1 aliphatic rings. The lowest BCUT2D eigenvalue weighted by Gasteiger charge is -2.37. The van der Waals surface area contributed by atoms with Crippen molar-refractivity contribution in [2.75, 3.05) is 33.3 Å². The van der Waals surface area contributed by atoms with E-state index in [1.165, 1.54) is 25.3 Å². The van der Waals surface area contributed by atoms with Gasteiger partial charge in [-0.25, -0.2) is 0 Å². The molecule has 22 heavy (non-hydrogen) atoms. The lowest BCUT2D eigenvalue weighted by Crippen LogP contribution is -2.50. The van der Waals surface area contributed by atoms with E-state index in [0.29, 0.717) is 24.9 Å². The molecule has 0 saturated carbocycles. The molecule has 0 aromatic heterocycles. The average molecular weight is 307 g/mol. The number of benzene rings is 1. The van der Waals surface area contributed by atoms with Crippen LogP contribution in [0, 0.1) is 10.1 Å². The molecule has 1 amide bonds. The van der Waals surface area contributed by atoms with Gasteiger partial charge in [-0.2, -0.15) is 0 Å². The molecule has 0 aliphatic carbocycles. The monoisotopic (exact) mass is 307 g/mol. The standard InChI is InChI=1S/C15H21N3O4/c1-11(2)16-6-8-17(9-7-16)15(19)13-10-12(18(20)21)4-5-14(13)22-3/h4-5,10-11H,6-9H2,1-3H3. The van der Waals surface area contributed by atoms with Crippen LogP contribution in [0.25, 0.3) is 0 Å². The fourth-order valence-corrected chi connectivity index (χ4v) is 2.59. The summed E-state index contributed by atoms with van der Waals surface area (Å²) in [5.74, 6) is 0.144. The van der Waals surface area contributed by atoms with Gasteiger partial charge in [0.2, 0.25) is 0 Å². The molecule has 1 aromatic carbocycles. The molecule has 0 N–H and O–H groups in total. The van der Waals surface area contributed by atoms with Gasteiger partial charge in [0, 0.05) is 44.4 Å². The quantitative estimate of drug-likeness (QED) is 0.626. The second kappa shape index (κ2) is 6.74. The van der Waals surface area contributed by atoms with Crippen molar-refractivity contribution in [1.82, 2.24) is 9.80 Å². The van der Waals surface area contributed by atoms with Crippen LogP contribution in [0.4, 0.5) is 5.69 Å². The summed E-state index contributed by atoms with van der Waals surface area (Å²) in [6.07, 6.45) is 0. The Kier molecular flexibility index (Phi) is 4.97. The van der Waals surface area contributed by atoms with Gasteiger partial charge >= 0.3 is 0 Å². The van der Waals surface area contributed by atoms with Gasteiger partial charge in [0.1, 0.15) is 5.75 Å². The molecule has 7 nitrogen and oxygen atoms in total. The van der Waals surface area contributed by atoms with Gasteiger partial charge in [-0.1, -0.05) is 0 Å². The number of methoxy groups -OCH3 is 1. The van der Waals surface area contributed by atoms with E-state index in [1.54, 1.807) is 4.90 Å². The maximum atomic E-state index is 12.6. The number of nitrogens with zero attached hydrogens (tertiary/aromatic N) is 3. The summed E-state index contributed by atoms with van der Waals surface area (Å²) in [6, 6.07) is 4.54. The van der Waals surface area contributed by atoms with Crippen molar-refractivity contribution in [3.05, 3.63) is 33.9 Å². The normalized spacial score (nSPS) is 15.9. The molecule has 1 fully saturated rings. The maximum Gasteiger partial charge on any atom is 0.270 e. The van der Waals surface area contributed by atoms with E-state index in [2.05, 4.69) is 18.7 Å². The number of hydrogen-bond donors (Lipinski definition) is 0. The van der Waals surface area contributed by atoms with Crippen molar-refractivity contribution in [2.24, 2.45) is 0 Å². The Bertz CT molecular complexity index is 566. The van der Waals surface area contributed by atoms with Gasteiger partial charge in [0.25, 0.3) is 11.6 Å². The number of carbonyl (C=O) groups excluding carboxylic acids is 1. The molecule has 1 aliphatic heterocycles. The van der Waals surface area contributed by atoms with Crippen LogP contribution in [0.5, 0.6) is 5.75 Å². The highest BCUT2D eigenvalue weighted by Crippen LogP contribution is 2.25. The molecular formula is C15H21N3O4. The van der Waals surface area contributed by atoms with Crippen LogP contribution < -0.4 is 4.74 Å². The maximum absolute atomic E-state index is 12.6. The summed E-state index contributed by atoms with van der Waals surface area (Å²) < 4.78 is 5.17. The average Bonchev–Trinajstić information content (AvgIpc) is 2.53. The fourth-order valence-electron chi connectivity index (χ4n) is 2.59. The summed E-state index contributed by atoms with van der Waals surface area (Å²) in [6.45, 7) is 7.09. The third kappa shape index (κ3) is 3.36. The van der Waals surface area contributed by atoms with Crippen molar-refractivity contribution in [1.29, 1.82) is 0 Å². The minimum absolute atomic E-state index is 0.107. The first-order valence-electron chi connectivity index (χ1n) is 7.29. The second-order valence-corrected chi connectivity index (χ2v) is 5.56. The van der Waals surface area contributed by atoms with E-state index in [-0.39, 0.29) is 17.2 Å². The number of rotatable bonds is 4. The summed E-state index contributed by atoms with van der Waals surface area (Å²) in [7, 11) is 1.45. The first-order valence-corrected chi connectivity index (χ1v) is 7.29. The third-order valence-electron chi connectivity index (χ3n) is 3.96. The number of hydrogen-bond acceptors (Lipinski definition) is 5. The summed E-state index contributed by atoms with van der Waals surface area (Å²) >= 11 is 0. The van der Waals surface area contributed by atoms with Gasteiger partial charge < -0.3 is 9.64 Å². The van der Waals surface area contributed by atoms with Gasteiger partial charge in [0.05, 0.1) is 17.6 Å². The summed E-state index contributed by atoms with van der Waals surface area (Å²) in [4.78, 5) is 27.1. The third-order valence-corrected chi connectivity index (χ3v) is 3.96. The zero-order valence-electron chi connectivity index (χ0n) is 13.1. The van der Waals surface area contributed by atoms with E-state index in [4.69, 9.17) is 4.74 Å². The fraction of sp³-hybridized carbons (Fsp3) is 0.533. The Morgan fingerprint density at radius 3 is 2.41 bits per heavy atom. The van der Waals surface area contributed by atoms with Gasteiger partial charge in [-0.05, 0) is 19.9 Å². The van der Waals surface area contributed by atoms with Crippen molar-refractivity contribution >= 4 is 11.6 Å². The molecule has 0 unspecified atom stereocenters. The van der Waals surface area contributed by atoms with Gasteiger partial charge in [-0.15, -0.1) is 0 Å². The number of nitro benzene ring substituents is 1. The second-order valence-electron chi connectivity index (χ2n) is 5.56. The Hall–Kier alpha value is -2.15. The van der Waals surface area contributed by atoms with Crippen molar-refractivity contribution in [2.45, 2.75) is 19.9 Å². The lowest BCUT2D eigenvalue weighted by atomic mass is 10.1. The molecule has 2 rings (SSSR count). The molecule has 0 atom stereocenters. The van der Waals surface area contributed by atoms with Gasteiger partial charge in [0.15, 0.2) is 0 Å². The van der Waals surface area contributed by atoms with Crippen molar-refractivity contribution in [3.8, 4) is 5.75 Å². The Morgan fingerprint density at radius 1 is 1.27 bits per heavy atom. The van der Waals surface area contributed by atoms with Crippen LogP contribution in [0.1, 0.15) is 24.2 Å². The molecular weight excluding hydrogens is 286 g/mol. The minimum atomic E-state index is -0.507. The molecule has 1 saturated heterocycles. The zero-order valence-corrected chi connectivity index (χ0v) is 13.1. The van der Waals surface area contributed by atoms with Crippen LogP contribution in [-0.4, -0.2) is 60.0 Å². The largest absolute Gasteiger partial charge is 0.496 e. The first-order chi connectivity index (χ1) is 10.4. The molecule has 120 valence electrons. The van der Waals surface area contributed by atoms with E-state index >= 15 is 0 Å². The van der Waals surface area contributed by atoms with Crippen LogP contribution in [0.3, 0.4) is 0 Å².